The van der Waals surface area contributed by atoms with Crippen LogP contribution in [0.2, 0.25) is 0 Å². The molecule has 6 nitrogen and oxygen atoms in total. The molecule has 2 aliphatic rings. The summed E-state index contributed by atoms with van der Waals surface area (Å²) >= 11 is 2.94. The number of hydrogen-bond donors (Lipinski definition) is 0. The molecule has 0 aliphatic carbocycles. The van der Waals surface area contributed by atoms with Crippen molar-refractivity contribution >= 4 is 55.4 Å². The van der Waals surface area contributed by atoms with Crippen LogP contribution in [0.4, 0.5) is 11.4 Å². The topological polar surface area (TPSA) is 70.0 Å². The van der Waals surface area contributed by atoms with Crippen LogP contribution in [0.5, 0.6) is 0 Å². The maximum absolute atomic E-state index is 12.5. The van der Waals surface area contributed by atoms with Gasteiger partial charge >= 0.3 is 0 Å². The smallest absolute Gasteiger partial charge is 0.253 e. The van der Waals surface area contributed by atoms with Crippen molar-refractivity contribution in [2.45, 2.75) is 17.7 Å². The molecule has 28 heavy (non-hydrogen) atoms. The molecule has 0 saturated carbocycles. The summed E-state index contributed by atoms with van der Waals surface area (Å²) in [5.74, 6) is 0.0213. The molecule has 4 rings (SSSR count). The van der Waals surface area contributed by atoms with Gasteiger partial charge in [0.25, 0.3) is 5.91 Å². The fourth-order valence-corrected chi connectivity index (χ4v) is 8.11. The Balaban J connectivity index is 1.65. The number of thiophene rings is 1. The van der Waals surface area contributed by atoms with Crippen molar-refractivity contribution in [2.75, 3.05) is 35.4 Å². The van der Waals surface area contributed by atoms with Crippen molar-refractivity contribution in [2.24, 2.45) is 4.99 Å². The molecular weight excluding hydrogens is 414 g/mol. The molecule has 0 N–H and O–H groups in total. The first-order valence-corrected chi connectivity index (χ1v) is 12.5. The highest BCUT2D eigenvalue weighted by atomic mass is 32.2. The third-order valence-electron chi connectivity index (χ3n) is 4.84. The Morgan fingerprint density at radius 1 is 1.21 bits per heavy atom. The van der Waals surface area contributed by atoms with E-state index in [0.717, 1.165) is 16.3 Å². The van der Waals surface area contributed by atoms with E-state index in [1.54, 1.807) is 0 Å². The number of amides is 1. The third kappa shape index (κ3) is 3.97. The largest absolute Gasteiger partial charge is 0.378 e. The number of nitrogens with zero attached hydrogens (tertiary/aromatic N) is 3. The number of benzene rings is 1. The number of amidine groups is 1. The van der Waals surface area contributed by atoms with Gasteiger partial charge in [0.05, 0.1) is 24.0 Å². The first kappa shape index (κ1) is 19.5. The number of fused-ring (bicyclic) bond motifs is 1. The summed E-state index contributed by atoms with van der Waals surface area (Å²) in [5.41, 5.74) is 1.92. The minimum Gasteiger partial charge on any atom is -0.378 e. The lowest BCUT2D eigenvalue weighted by molar-refractivity contribution is -0.117. The second kappa shape index (κ2) is 7.53. The zero-order chi connectivity index (χ0) is 19.9. The number of rotatable bonds is 4. The van der Waals surface area contributed by atoms with Crippen LogP contribution in [-0.2, 0) is 21.1 Å². The molecule has 0 bridgehead atoms. The molecule has 9 heteroatoms. The van der Waals surface area contributed by atoms with Gasteiger partial charge in [-0.2, -0.15) is 4.99 Å². The van der Waals surface area contributed by atoms with E-state index >= 15 is 0 Å². The van der Waals surface area contributed by atoms with Crippen LogP contribution in [-0.4, -0.2) is 56.4 Å². The lowest BCUT2D eigenvalue weighted by Gasteiger charge is -2.25. The van der Waals surface area contributed by atoms with Crippen LogP contribution in [0.3, 0.4) is 0 Å². The second-order valence-electron chi connectivity index (χ2n) is 7.13. The summed E-state index contributed by atoms with van der Waals surface area (Å²) in [5, 5.41) is 2.45. The fourth-order valence-electron chi connectivity index (χ4n) is 3.49. The van der Waals surface area contributed by atoms with Gasteiger partial charge in [-0.25, -0.2) is 8.42 Å². The van der Waals surface area contributed by atoms with Gasteiger partial charge in [0.1, 0.15) is 0 Å². The average Bonchev–Trinajstić information content (AvgIpc) is 3.29. The Morgan fingerprint density at radius 3 is 2.61 bits per heavy atom. The third-order valence-corrected chi connectivity index (χ3v) is 8.92. The number of carbonyl (C=O) groups is 1. The summed E-state index contributed by atoms with van der Waals surface area (Å²) in [4.78, 5) is 21.8. The first-order chi connectivity index (χ1) is 13.3. The molecule has 2 atom stereocenters. The van der Waals surface area contributed by atoms with Gasteiger partial charge in [-0.05, 0) is 35.7 Å². The van der Waals surface area contributed by atoms with Crippen molar-refractivity contribution in [3.05, 3.63) is 46.7 Å². The van der Waals surface area contributed by atoms with Crippen molar-refractivity contribution < 1.29 is 13.2 Å². The predicted molar refractivity (Wildman–Crippen MR) is 118 cm³/mol. The molecule has 2 saturated heterocycles. The van der Waals surface area contributed by atoms with Crippen molar-refractivity contribution in [1.29, 1.82) is 0 Å². The SMILES string of the molecule is CN(C)c1ccc(N2C(=NC(=O)Cc3cccs3)SC3CS(=O)(=O)CC32)cc1. The van der Waals surface area contributed by atoms with Crippen molar-refractivity contribution in [1.82, 2.24) is 0 Å². The Morgan fingerprint density at radius 2 is 1.96 bits per heavy atom. The number of thioether (sulfide) groups is 1. The Bertz CT molecular complexity index is 999. The number of sulfone groups is 1. The van der Waals surface area contributed by atoms with E-state index in [2.05, 4.69) is 4.99 Å². The highest BCUT2D eigenvalue weighted by Crippen LogP contribution is 2.41. The van der Waals surface area contributed by atoms with Crippen LogP contribution < -0.4 is 9.80 Å². The quantitative estimate of drug-likeness (QED) is 0.735. The van der Waals surface area contributed by atoms with Gasteiger partial charge in [0.15, 0.2) is 15.0 Å². The van der Waals surface area contributed by atoms with Crippen LogP contribution in [0, 0.1) is 0 Å². The van der Waals surface area contributed by atoms with Gasteiger partial charge in [-0.3, -0.25) is 4.79 Å². The van der Waals surface area contributed by atoms with Gasteiger partial charge in [-0.15, -0.1) is 11.3 Å². The van der Waals surface area contributed by atoms with E-state index in [1.807, 2.05) is 65.7 Å². The normalized spacial score (nSPS) is 24.5. The predicted octanol–water partition coefficient (Wildman–Crippen LogP) is 2.66. The van der Waals surface area contributed by atoms with Crippen LogP contribution >= 0.6 is 23.1 Å². The van der Waals surface area contributed by atoms with Gasteiger partial charge in [-0.1, -0.05) is 17.8 Å². The summed E-state index contributed by atoms with van der Waals surface area (Å²) < 4.78 is 24.3. The molecule has 2 aliphatic heterocycles. The maximum atomic E-state index is 12.5. The molecule has 2 unspecified atom stereocenters. The summed E-state index contributed by atoms with van der Waals surface area (Å²) in [6.45, 7) is 0. The Hall–Kier alpha value is -1.84. The van der Waals surface area contributed by atoms with E-state index in [-0.39, 0.29) is 35.1 Å². The van der Waals surface area contributed by atoms with E-state index in [0.29, 0.717) is 5.17 Å². The molecule has 1 aromatic carbocycles. The Kier molecular flexibility index (Phi) is 5.24. The lowest BCUT2D eigenvalue weighted by Crippen LogP contribution is -2.37. The molecule has 148 valence electrons. The maximum Gasteiger partial charge on any atom is 0.253 e. The summed E-state index contributed by atoms with van der Waals surface area (Å²) in [6, 6.07) is 11.5. The standard InChI is InChI=1S/C19H21N3O3S3/c1-21(2)13-5-7-14(8-6-13)22-16-11-28(24,25)12-17(16)27-19(22)20-18(23)10-15-4-3-9-26-15/h3-9,16-17H,10-12H2,1-2H3. The molecule has 1 amide bonds. The van der Waals surface area contributed by atoms with E-state index in [1.165, 1.54) is 23.1 Å². The van der Waals surface area contributed by atoms with Crippen LogP contribution in [0.1, 0.15) is 4.88 Å². The molecule has 0 radical (unpaired) electrons. The van der Waals surface area contributed by atoms with E-state index in [9.17, 15) is 13.2 Å². The number of carbonyl (C=O) groups excluding carboxylic acids is 1. The molecule has 0 spiro atoms. The zero-order valence-electron chi connectivity index (χ0n) is 15.6. The van der Waals surface area contributed by atoms with Crippen molar-refractivity contribution in [3.63, 3.8) is 0 Å². The fraction of sp³-hybridized carbons (Fsp3) is 0.368. The number of hydrogen-bond acceptors (Lipinski definition) is 6. The minimum absolute atomic E-state index is 0.0909. The average molecular weight is 436 g/mol. The second-order valence-corrected chi connectivity index (χ2v) is 11.5. The molecular formula is C19H21N3O3S3. The lowest BCUT2D eigenvalue weighted by atomic mass is 10.2. The minimum atomic E-state index is -3.07. The van der Waals surface area contributed by atoms with Gasteiger partial charge < -0.3 is 9.80 Å². The summed E-state index contributed by atoms with van der Waals surface area (Å²) in [6.07, 6.45) is 0.267. The van der Waals surface area contributed by atoms with Crippen molar-refractivity contribution in [3.8, 4) is 0 Å². The first-order valence-electron chi connectivity index (χ1n) is 8.90. The zero-order valence-corrected chi connectivity index (χ0v) is 18.1. The highest BCUT2D eigenvalue weighted by Gasteiger charge is 2.49. The van der Waals surface area contributed by atoms with E-state index in [4.69, 9.17) is 0 Å². The molecule has 2 aromatic rings. The molecule has 3 heterocycles. The van der Waals surface area contributed by atoms with E-state index < -0.39 is 9.84 Å². The van der Waals surface area contributed by atoms with Gasteiger partial charge in [0.2, 0.25) is 0 Å². The van der Waals surface area contributed by atoms with Crippen LogP contribution in [0.25, 0.3) is 0 Å². The monoisotopic (exact) mass is 435 g/mol. The summed E-state index contributed by atoms with van der Waals surface area (Å²) in [7, 11) is 0.867. The molecule has 2 fully saturated rings. The molecule has 1 aromatic heterocycles. The van der Waals surface area contributed by atoms with Crippen LogP contribution in [0.15, 0.2) is 46.8 Å². The van der Waals surface area contributed by atoms with Gasteiger partial charge in [0, 0.05) is 35.6 Å². The Labute approximate surface area is 173 Å². The number of anilines is 2. The number of aliphatic imine (C=N–C) groups is 1. The highest BCUT2D eigenvalue weighted by molar-refractivity contribution is 8.16.